The molecule has 0 spiro atoms. The van der Waals surface area contributed by atoms with E-state index in [1.165, 1.54) is 50.3 Å². The maximum absolute atomic E-state index is 13.3. The number of hydrogen-bond donors (Lipinski definition) is 1. The Morgan fingerprint density at radius 1 is 1.06 bits per heavy atom. The number of rotatable bonds is 5. The molecule has 4 nitrogen and oxygen atoms in total. The molecule has 3 aromatic rings. The van der Waals surface area contributed by atoms with Crippen LogP contribution in [0.5, 0.6) is 0 Å². The summed E-state index contributed by atoms with van der Waals surface area (Å²) < 4.78 is 18.3. The molecule has 0 radical (unpaired) electrons. The molecule has 0 amide bonds. The summed E-state index contributed by atoms with van der Waals surface area (Å²) >= 11 is 1.40. The second-order valence-corrected chi connectivity index (χ2v) is 13.1. The van der Waals surface area contributed by atoms with Gasteiger partial charge < -0.3 is 0 Å². The Balaban J connectivity index is 1.76. The Morgan fingerprint density at radius 3 is 2.41 bits per heavy atom. The van der Waals surface area contributed by atoms with Crippen molar-refractivity contribution in [3.63, 3.8) is 0 Å². The van der Waals surface area contributed by atoms with E-state index in [1.807, 2.05) is 0 Å². The van der Waals surface area contributed by atoms with Gasteiger partial charge in [-0.2, -0.15) is 4.36 Å². The molecule has 1 heterocycles. The normalized spacial score (nSPS) is 17.5. The first-order valence-corrected chi connectivity index (χ1v) is 14.3. The molecule has 0 fully saturated rings. The molecule has 34 heavy (non-hydrogen) atoms. The summed E-state index contributed by atoms with van der Waals surface area (Å²) in [5.41, 5.74) is 9.81. The fourth-order valence-electron chi connectivity index (χ4n) is 4.50. The lowest BCUT2D eigenvalue weighted by Gasteiger charge is -2.26. The molecule has 0 bridgehead atoms. The summed E-state index contributed by atoms with van der Waals surface area (Å²) in [6.45, 7) is 15.1. The second-order valence-electron chi connectivity index (χ2n) is 10.1. The van der Waals surface area contributed by atoms with Gasteiger partial charge in [0.15, 0.2) is 9.92 Å². The Labute approximate surface area is 208 Å². The molecule has 4 rings (SSSR count). The van der Waals surface area contributed by atoms with Crippen molar-refractivity contribution in [3.05, 3.63) is 81.0 Å². The van der Waals surface area contributed by atoms with Gasteiger partial charge in [-0.3, -0.25) is 0 Å². The van der Waals surface area contributed by atoms with E-state index in [1.54, 1.807) is 6.20 Å². The van der Waals surface area contributed by atoms with E-state index in [4.69, 9.17) is 5.14 Å². The van der Waals surface area contributed by atoms with Crippen LogP contribution in [0.15, 0.2) is 57.0 Å². The van der Waals surface area contributed by atoms with Crippen molar-refractivity contribution >= 4 is 21.3 Å². The SMILES string of the molecule is Cc1ccc(-c2cc(C(C)C)c3c(c2)C(C)C=C(N=S(N)(=O)c2ncc(C(C)C)s2)C3)cc1C. The van der Waals surface area contributed by atoms with Crippen molar-refractivity contribution in [1.82, 2.24) is 4.98 Å². The van der Waals surface area contributed by atoms with Crippen LogP contribution in [0.4, 0.5) is 0 Å². The van der Waals surface area contributed by atoms with Gasteiger partial charge in [0.1, 0.15) is 0 Å². The highest BCUT2D eigenvalue weighted by molar-refractivity contribution is 7.93. The van der Waals surface area contributed by atoms with Crippen LogP contribution in [-0.4, -0.2) is 9.19 Å². The lowest BCUT2D eigenvalue weighted by molar-refractivity contribution is 0.676. The lowest BCUT2D eigenvalue weighted by atomic mass is 9.80. The molecule has 0 saturated heterocycles. The zero-order valence-corrected chi connectivity index (χ0v) is 22.8. The van der Waals surface area contributed by atoms with Crippen LogP contribution in [0.2, 0.25) is 0 Å². The first-order chi connectivity index (χ1) is 16.0. The van der Waals surface area contributed by atoms with E-state index < -0.39 is 9.92 Å². The number of nitrogens with zero attached hydrogens (tertiary/aromatic N) is 2. The van der Waals surface area contributed by atoms with E-state index in [9.17, 15) is 4.21 Å². The van der Waals surface area contributed by atoms with Crippen molar-refractivity contribution in [2.75, 3.05) is 0 Å². The number of thiazole rings is 1. The topological polar surface area (TPSA) is 68.3 Å². The highest BCUT2D eigenvalue weighted by Crippen LogP contribution is 2.39. The van der Waals surface area contributed by atoms with Crippen molar-refractivity contribution in [3.8, 4) is 11.1 Å². The average molecular weight is 494 g/mol. The average Bonchev–Trinajstić information content (AvgIpc) is 3.26. The van der Waals surface area contributed by atoms with Crippen molar-refractivity contribution in [2.45, 2.75) is 77.0 Å². The van der Waals surface area contributed by atoms with Crippen LogP contribution < -0.4 is 5.14 Å². The zero-order valence-electron chi connectivity index (χ0n) is 21.2. The first-order valence-electron chi connectivity index (χ1n) is 11.9. The van der Waals surface area contributed by atoms with E-state index in [0.717, 1.165) is 10.6 Å². The van der Waals surface area contributed by atoms with Crippen LogP contribution in [0.3, 0.4) is 0 Å². The smallest absolute Gasteiger partial charge is 0.204 e. The van der Waals surface area contributed by atoms with Gasteiger partial charge in [0.2, 0.25) is 4.34 Å². The predicted molar refractivity (Wildman–Crippen MR) is 145 cm³/mol. The number of benzene rings is 2. The van der Waals surface area contributed by atoms with Crippen molar-refractivity contribution in [2.24, 2.45) is 9.50 Å². The fourth-order valence-corrected chi connectivity index (χ4v) is 6.78. The van der Waals surface area contributed by atoms with Gasteiger partial charge in [0, 0.05) is 23.4 Å². The predicted octanol–water partition coefficient (Wildman–Crippen LogP) is 7.62. The van der Waals surface area contributed by atoms with Gasteiger partial charge in [0.05, 0.1) is 5.70 Å². The van der Waals surface area contributed by atoms with E-state index in [0.29, 0.717) is 22.6 Å². The maximum Gasteiger partial charge on any atom is 0.204 e. The molecule has 180 valence electrons. The minimum atomic E-state index is -3.08. The third-order valence-electron chi connectivity index (χ3n) is 6.65. The summed E-state index contributed by atoms with van der Waals surface area (Å²) in [5, 5.41) is 6.24. The monoisotopic (exact) mass is 493 g/mol. The number of aromatic nitrogens is 1. The molecule has 2 aromatic carbocycles. The third-order valence-corrected chi connectivity index (χ3v) is 9.82. The van der Waals surface area contributed by atoms with Gasteiger partial charge in [-0.15, -0.1) is 11.3 Å². The number of aryl methyl sites for hydroxylation is 2. The van der Waals surface area contributed by atoms with Gasteiger partial charge in [0.25, 0.3) is 0 Å². The lowest BCUT2D eigenvalue weighted by Crippen LogP contribution is -2.15. The fraction of sp³-hybridized carbons (Fsp3) is 0.393. The molecule has 1 aromatic heterocycles. The number of fused-ring (bicyclic) bond motifs is 1. The summed E-state index contributed by atoms with van der Waals surface area (Å²) in [6.07, 6.45) is 4.52. The second kappa shape index (κ2) is 9.40. The van der Waals surface area contributed by atoms with Crippen LogP contribution in [-0.2, 0) is 16.3 Å². The van der Waals surface area contributed by atoms with E-state index in [-0.39, 0.29) is 5.92 Å². The maximum atomic E-state index is 13.3. The molecule has 0 aliphatic heterocycles. The van der Waals surface area contributed by atoms with Crippen LogP contribution >= 0.6 is 11.3 Å². The van der Waals surface area contributed by atoms with Crippen molar-refractivity contribution < 1.29 is 4.21 Å². The Bertz CT molecular complexity index is 1390. The van der Waals surface area contributed by atoms with Gasteiger partial charge in [-0.25, -0.2) is 14.3 Å². The summed E-state index contributed by atoms with van der Waals surface area (Å²) in [5.74, 6) is 0.841. The zero-order chi connectivity index (χ0) is 24.8. The molecule has 0 saturated carbocycles. The standard InChI is InChI=1S/C28H35N3OS2/c1-16(2)24-12-22(21-9-8-18(5)19(6)10-21)13-25-20(7)11-23(14-26(24)25)31-34(29,32)28-30-15-27(33-28)17(3)4/h8-13,15-17,20H,14H2,1-7H3,(H2,29,31,32). The highest BCUT2D eigenvalue weighted by atomic mass is 32.2. The molecule has 2 N–H and O–H groups in total. The minimum Gasteiger partial charge on any atom is -0.239 e. The van der Waals surface area contributed by atoms with Crippen LogP contribution in [0, 0.1) is 13.8 Å². The number of nitrogens with two attached hydrogens (primary N) is 1. The minimum absolute atomic E-state index is 0.157. The van der Waals surface area contributed by atoms with Gasteiger partial charge in [-0.05, 0) is 64.6 Å². The number of hydrogen-bond acceptors (Lipinski definition) is 4. The Morgan fingerprint density at radius 2 is 1.79 bits per heavy atom. The largest absolute Gasteiger partial charge is 0.239 e. The van der Waals surface area contributed by atoms with Gasteiger partial charge in [-0.1, -0.05) is 71.0 Å². The summed E-state index contributed by atoms with van der Waals surface area (Å²) in [7, 11) is -3.08. The molecule has 2 atom stereocenters. The molecule has 2 unspecified atom stereocenters. The summed E-state index contributed by atoms with van der Waals surface area (Å²) in [4.78, 5) is 5.41. The Hall–Kier alpha value is -2.28. The molecular formula is C28H35N3OS2. The third kappa shape index (κ3) is 4.90. The molecule has 1 aliphatic rings. The quantitative estimate of drug-likeness (QED) is 0.397. The van der Waals surface area contributed by atoms with E-state index >= 15 is 0 Å². The first kappa shape index (κ1) is 24.8. The molecule has 6 heteroatoms. The molecular weight excluding hydrogens is 458 g/mol. The number of allylic oxidation sites excluding steroid dienone is 2. The van der Waals surface area contributed by atoms with Gasteiger partial charge >= 0.3 is 0 Å². The van der Waals surface area contributed by atoms with E-state index in [2.05, 4.69) is 94.2 Å². The van der Waals surface area contributed by atoms with Crippen LogP contribution in [0.25, 0.3) is 11.1 Å². The van der Waals surface area contributed by atoms with Crippen molar-refractivity contribution in [1.29, 1.82) is 0 Å². The summed E-state index contributed by atoms with van der Waals surface area (Å²) in [6, 6.07) is 11.3. The highest BCUT2D eigenvalue weighted by Gasteiger charge is 2.24. The Kier molecular flexibility index (Phi) is 6.87. The van der Waals surface area contributed by atoms with Crippen LogP contribution in [0.1, 0.15) is 85.1 Å². The molecule has 1 aliphatic carbocycles.